The van der Waals surface area contributed by atoms with E-state index in [4.69, 9.17) is 4.74 Å². The number of likely N-dealkylation sites (tertiary alicyclic amines) is 1. The number of pyridine rings is 1. The fraction of sp³-hybridized carbons (Fsp3) is 0.600. The predicted octanol–water partition coefficient (Wildman–Crippen LogP) is 0.0990. The van der Waals surface area contributed by atoms with E-state index >= 15 is 0 Å². The Balaban J connectivity index is 1.64. The quantitative estimate of drug-likeness (QED) is 0.765. The number of carbonyl (C=O) groups is 1. The third-order valence-electron chi connectivity index (χ3n) is 5.06. The minimum Gasteiger partial charge on any atom is -0.365 e. The minimum absolute atomic E-state index is 0.112. The van der Waals surface area contributed by atoms with Gasteiger partial charge in [-0.05, 0) is 18.6 Å². The van der Waals surface area contributed by atoms with Gasteiger partial charge in [-0.25, -0.2) is 8.42 Å². The summed E-state index contributed by atoms with van der Waals surface area (Å²) >= 11 is 0. The van der Waals surface area contributed by atoms with Crippen molar-refractivity contribution in [1.82, 2.24) is 14.2 Å². The molecule has 3 atom stereocenters. The number of nitrogens with zero attached hydrogens (tertiary/aromatic N) is 3. The molecule has 3 fully saturated rings. The monoisotopic (exact) mass is 337 g/mol. The highest BCUT2D eigenvalue weighted by Gasteiger charge is 2.65. The Morgan fingerprint density at radius 2 is 2.30 bits per heavy atom. The van der Waals surface area contributed by atoms with Gasteiger partial charge in [0.25, 0.3) is 5.91 Å². The zero-order valence-corrected chi connectivity index (χ0v) is 13.7. The first-order valence-corrected chi connectivity index (χ1v) is 9.33. The van der Waals surface area contributed by atoms with Crippen LogP contribution in [0.1, 0.15) is 23.7 Å². The standard InChI is InChI=1S/C15H19N3O4S/c1-2-18-10-15-9-17(14(19)11-4-3-5-16-7-11)8-12(22-15)6-13(15)23(18,20)21/h3-5,7,12-13H,2,6,8-10H2,1H3/t12-,13+,15+/m1/s1. The number of carbonyl (C=O) groups excluding carboxylic acids is 1. The van der Waals surface area contributed by atoms with E-state index in [-0.39, 0.29) is 12.0 Å². The van der Waals surface area contributed by atoms with Crippen LogP contribution in [-0.2, 0) is 14.8 Å². The summed E-state index contributed by atoms with van der Waals surface area (Å²) in [7, 11) is -3.33. The van der Waals surface area contributed by atoms with E-state index in [2.05, 4.69) is 4.98 Å². The third kappa shape index (κ3) is 2.12. The highest BCUT2D eigenvalue weighted by atomic mass is 32.2. The van der Waals surface area contributed by atoms with Crippen LogP contribution in [-0.4, -0.2) is 71.6 Å². The van der Waals surface area contributed by atoms with Crippen LogP contribution in [0.4, 0.5) is 0 Å². The largest absolute Gasteiger partial charge is 0.365 e. The molecule has 7 nitrogen and oxygen atoms in total. The molecule has 3 aliphatic rings. The molecule has 3 aliphatic heterocycles. The van der Waals surface area contributed by atoms with Crippen LogP contribution in [0.5, 0.6) is 0 Å². The molecule has 1 aromatic rings. The van der Waals surface area contributed by atoms with Crippen molar-refractivity contribution in [2.24, 2.45) is 0 Å². The lowest BCUT2D eigenvalue weighted by atomic mass is 9.99. The molecule has 0 aromatic carbocycles. The van der Waals surface area contributed by atoms with Crippen molar-refractivity contribution in [3.63, 3.8) is 0 Å². The number of likely N-dealkylation sites (N-methyl/N-ethyl adjacent to an activating group) is 1. The molecule has 4 rings (SSSR count). The lowest BCUT2D eigenvalue weighted by molar-refractivity contribution is -0.0974. The Morgan fingerprint density at radius 1 is 1.48 bits per heavy atom. The summed E-state index contributed by atoms with van der Waals surface area (Å²) in [5.41, 5.74) is -0.259. The zero-order chi connectivity index (χ0) is 16.2. The number of rotatable bonds is 2. The van der Waals surface area contributed by atoms with E-state index in [9.17, 15) is 13.2 Å². The first kappa shape index (κ1) is 15.0. The van der Waals surface area contributed by atoms with Gasteiger partial charge in [-0.3, -0.25) is 9.78 Å². The van der Waals surface area contributed by atoms with Crippen molar-refractivity contribution in [3.8, 4) is 0 Å². The Kier molecular flexibility index (Phi) is 3.26. The van der Waals surface area contributed by atoms with E-state index in [1.165, 1.54) is 4.31 Å². The molecule has 0 aliphatic carbocycles. The van der Waals surface area contributed by atoms with Crippen LogP contribution < -0.4 is 0 Å². The number of hydrogen-bond donors (Lipinski definition) is 0. The molecule has 23 heavy (non-hydrogen) atoms. The molecule has 8 heteroatoms. The fourth-order valence-electron chi connectivity index (χ4n) is 4.06. The number of sulfonamides is 1. The van der Waals surface area contributed by atoms with Gasteiger partial charge in [-0.15, -0.1) is 0 Å². The van der Waals surface area contributed by atoms with Crippen molar-refractivity contribution < 1.29 is 17.9 Å². The summed E-state index contributed by atoms with van der Waals surface area (Å²) in [4.78, 5) is 18.4. The van der Waals surface area contributed by atoms with Crippen LogP contribution in [0, 0.1) is 0 Å². The SMILES string of the molecule is CCN1C[C@@]23CN(C(=O)c4cccnc4)C[C@@H](C[C@@H]2S1(=O)=O)O3. The maximum Gasteiger partial charge on any atom is 0.255 e. The first-order chi connectivity index (χ1) is 11.0. The molecule has 124 valence electrons. The molecular formula is C15H19N3O4S. The van der Waals surface area contributed by atoms with E-state index in [0.717, 1.165) is 0 Å². The molecule has 0 unspecified atom stereocenters. The van der Waals surface area contributed by atoms with Gasteiger partial charge in [0, 0.05) is 32.0 Å². The van der Waals surface area contributed by atoms with E-state index in [1.807, 2.05) is 6.92 Å². The van der Waals surface area contributed by atoms with Crippen molar-refractivity contribution >= 4 is 15.9 Å². The van der Waals surface area contributed by atoms with Crippen LogP contribution in [0.15, 0.2) is 24.5 Å². The Labute approximate surface area is 135 Å². The first-order valence-electron chi connectivity index (χ1n) is 7.82. The number of ether oxygens (including phenoxy) is 1. The zero-order valence-electron chi connectivity index (χ0n) is 12.9. The maximum absolute atomic E-state index is 12.7. The number of hydrogen-bond acceptors (Lipinski definition) is 5. The van der Waals surface area contributed by atoms with Crippen LogP contribution in [0.25, 0.3) is 0 Å². The predicted molar refractivity (Wildman–Crippen MR) is 82.3 cm³/mol. The van der Waals surface area contributed by atoms with Gasteiger partial charge in [-0.2, -0.15) is 4.31 Å². The van der Waals surface area contributed by atoms with Crippen LogP contribution in [0.2, 0.25) is 0 Å². The smallest absolute Gasteiger partial charge is 0.255 e. The number of fused-ring (bicyclic) bond motifs is 1. The molecule has 3 saturated heterocycles. The Hall–Kier alpha value is -1.51. The van der Waals surface area contributed by atoms with Gasteiger partial charge in [0.1, 0.15) is 10.9 Å². The van der Waals surface area contributed by atoms with Gasteiger partial charge < -0.3 is 9.64 Å². The van der Waals surface area contributed by atoms with Gasteiger partial charge in [0.15, 0.2) is 0 Å². The number of aromatic nitrogens is 1. The molecular weight excluding hydrogens is 318 g/mol. The fourth-order valence-corrected chi connectivity index (χ4v) is 6.39. The third-order valence-corrected chi connectivity index (χ3v) is 7.51. The molecule has 4 heterocycles. The average molecular weight is 337 g/mol. The minimum atomic E-state index is -3.33. The van der Waals surface area contributed by atoms with Crippen molar-refractivity contribution in [2.45, 2.75) is 30.3 Å². The molecule has 2 bridgehead atoms. The lowest BCUT2D eigenvalue weighted by Crippen LogP contribution is -2.56. The molecule has 1 amide bonds. The summed E-state index contributed by atoms with van der Waals surface area (Å²) in [6.45, 7) is 3.36. The van der Waals surface area contributed by atoms with Gasteiger partial charge >= 0.3 is 0 Å². The molecule has 1 spiro atoms. The van der Waals surface area contributed by atoms with Crippen LogP contribution in [0.3, 0.4) is 0 Å². The summed E-state index contributed by atoms with van der Waals surface area (Å²) in [6.07, 6.45) is 3.42. The van der Waals surface area contributed by atoms with Crippen molar-refractivity contribution in [3.05, 3.63) is 30.1 Å². The second-order valence-electron chi connectivity index (χ2n) is 6.43. The Morgan fingerprint density at radius 3 is 3.00 bits per heavy atom. The maximum atomic E-state index is 12.7. The second-order valence-corrected chi connectivity index (χ2v) is 8.54. The highest BCUT2D eigenvalue weighted by Crippen LogP contribution is 2.46. The Bertz CT molecular complexity index is 738. The molecule has 0 radical (unpaired) electrons. The summed E-state index contributed by atoms with van der Waals surface area (Å²) in [5.74, 6) is -0.112. The lowest BCUT2D eigenvalue weighted by Gasteiger charge is -2.39. The second kappa shape index (κ2) is 4.99. The summed E-state index contributed by atoms with van der Waals surface area (Å²) in [5, 5.41) is -0.536. The van der Waals surface area contributed by atoms with Crippen LogP contribution >= 0.6 is 0 Å². The average Bonchev–Trinajstić information content (AvgIpc) is 2.93. The summed E-state index contributed by atoms with van der Waals surface area (Å²) < 4.78 is 32.8. The van der Waals surface area contributed by atoms with Crippen molar-refractivity contribution in [1.29, 1.82) is 0 Å². The van der Waals surface area contributed by atoms with E-state index in [0.29, 0.717) is 38.2 Å². The normalized spacial score (nSPS) is 35.3. The van der Waals surface area contributed by atoms with Gasteiger partial charge in [0.05, 0.1) is 18.2 Å². The van der Waals surface area contributed by atoms with Gasteiger partial charge in [0.2, 0.25) is 10.0 Å². The van der Waals surface area contributed by atoms with Crippen molar-refractivity contribution in [2.75, 3.05) is 26.2 Å². The van der Waals surface area contributed by atoms with Gasteiger partial charge in [-0.1, -0.05) is 6.92 Å². The topological polar surface area (TPSA) is 79.8 Å². The molecule has 1 aromatic heterocycles. The van der Waals surface area contributed by atoms with E-state index in [1.54, 1.807) is 29.4 Å². The van der Waals surface area contributed by atoms with E-state index < -0.39 is 20.9 Å². The molecule has 0 N–H and O–H groups in total. The summed E-state index contributed by atoms with van der Waals surface area (Å²) in [6, 6.07) is 3.45. The number of amides is 1. The number of morpholine rings is 1. The molecule has 0 saturated carbocycles. The highest BCUT2D eigenvalue weighted by molar-refractivity contribution is 7.90.